The van der Waals surface area contributed by atoms with E-state index in [1.165, 1.54) is 44.4 Å². The largest absolute Gasteiger partial charge is 0.343 e. The van der Waals surface area contributed by atoms with E-state index in [0.29, 0.717) is 35.2 Å². The highest BCUT2D eigenvalue weighted by Gasteiger charge is 2.39. The van der Waals surface area contributed by atoms with Gasteiger partial charge in [-0.2, -0.15) is 0 Å². The van der Waals surface area contributed by atoms with Crippen molar-refractivity contribution >= 4 is 33.4 Å². The van der Waals surface area contributed by atoms with E-state index in [4.69, 9.17) is 11.6 Å². The second-order valence-corrected chi connectivity index (χ2v) is 11.8. The molecule has 3 aliphatic heterocycles. The number of piperidine rings is 1. The van der Waals surface area contributed by atoms with Crippen molar-refractivity contribution in [2.75, 3.05) is 32.7 Å². The van der Waals surface area contributed by atoms with Crippen molar-refractivity contribution in [2.24, 2.45) is 5.92 Å². The van der Waals surface area contributed by atoms with Crippen molar-refractivity contribution in [3.05, 3.63) is 40.7 Å². The third-order valence-corrected chi connectivity index (χ3v) is 9.45. The van der Waals surface area contributed by atoms with Crippen LogP contribution in [0.5, 0.6) is 0 Å². The molecule has 0 bridgehead atoms. The summed E-state index contributed by atoms with van der Waals surface area (Å²) in [6, 6.07) is 1.97. The van der Waals surface area contributed by atoms with Crippen LogP contribution in [-0.4, -0.2) is 73.1 Å². The average molecular weight is 509 g/mol. The first kappa shape index (κ1) is 25.0. The Bertz CT molecular complexity index is 1080. The van der Waals surface area contributed by atoms with Gasteiger partial charge in [0, 0.05) is 37.1 Å². The summed E-state index contributed by atoms with van der Waals surface area (Å²) in [6.07, 6.45) is 6.82. The lowest BCUT2D eigenvalue weighted by molar-refractivity contribution is -0.136. The van der Waals surface area contributed by atoms with Crippen molar-refractivity contribution < 1.29 is 18.0 Å². The van der Waals surface area contributed by atoms with Gasteiger partial charge in [0.1, 0.15) is 6.04 Å². The number of carbonyl (C=O) groups excluding carboxylic acids is 2. The Labute approximate surface area is 207 Å². The summed E-state index contributed by atoms with van der Waals surface area (Å²) in [5.74, 6) is -0.123. The number of hydrogen-bond donors (Lipinski definition) is 1. The van der Waals surface area contributed by atoms with Gasteiger partial charge in [-0.3, -0.25) is 13.9 Å². The predicted octanol–water partition coefficient (Wildman–Crippen LogP) is 2.64. The number of halogens is 1. The van der Waals surface area contributed by atoms with Crippen LogP contribution in [0.2, 0.25) is 5.02 Å². The zero-order valence-corrected chi connectivity index (χ0v) is 21.4. The molecule has 8 nitrogen and oxygen atoms in total. The zero-order chi connectivity index (χ0) is 24.5. The smallest absolute Gasteiger partial charge is 0.264 e. The van der Waals surface area contributed by atoms with Gasteiger partial charge in [0.25, 0.3) is 10.0 Å². The molecule has 3 heterocycles. The Morgan fingerprint density at radius 1 is 1.09 bits per heavy atom. The minimum Gasteiger partial charge on any atom is -0.343 e. The fourth-order valence-corrected chi connectivity index (χ4v) is 7.04. The molecule has 2 amide bonds. The van der Waals surface area contributed by atoms with Gasteiger partial charge in [-0.25, -0.2) is 8.42 Å². The van der Waals surface area contributed by atoms with Crippen LogP contribution in [0.1, 0.15) is 43.2 Å². The Morgan fingerprint density at radius 2 is 1.76 bits per heavy atom. The highest BCUT2D eigenvalue weighted by molar-refractivity contribution is 7.89. The summed E-state index contributed by atoms with van der Waals surface area (Å²) >= 11 is 6.15. The molecule has 1 aromatic rings. The summed E-state index contributed by atoms with van der Waals surface area (Å²) in [5.41, 5.74) is 1.11. The van der Waals surface area contributed by atoms with E-state index in [9.17, 15) is 18.0 Å². The molecule has 186 valence electrons. The maximum absolute atomic E-state index is 13.5. The van der Waals surface area contributed by atoms with Crippen LogP contribution >= 0.6 is 11.6 Å². The molecule has 4 rings (SSSR count). The molecule has 2 fully saturated rings. The average Bonchev–Trinajstić information content (AvgIpc) is 3.31. The fourth-order valence-electron chi connectivity index (χ4n) is 5.07. The lowest BCUT2D eigenvalue weighted by Gasteiger charge is -2.36. The number of nitrogens with zero attached hydrogens (tertiary/aromatic N) is 3. The van der Waals surface area contributed by atoms with Gasteiger partial charge in [0.05, 0.1) is 11.3 Å². The quantitative estimate of drug-likeness (QED) is 0.638. The molecule has 0 saturated carbocycles. The van der Waals surface area contributed by atoms with Crippen LogP contribution in [0.15, 0.2) is 29.4 Å². The van der Waals surface area contributed by atoms with Crippen molar-refractivity contribution in [1.82, 2.24) is 19.4 Å². The number of carbonyl (C=O) groups is 2. The van der Waals surface area contributed by atoms with Gasteiger partial charge in [0.15, 0.2) is 0 Å². The van der Waals surface area contributed by atoms with Crippen molar-refractivity contribution in [3.63, 3.8) is 0 Å². The third kappa shape index (κ3) is 5.26. The highest BCUT2D eigenvalue weighted by atomic mass is 35.5. The minimum absolute atomic E-state index is 0.0777. The van der Waals surface area contributed by atoms with Crippen LogP contribution in [0.4, 0.5) is 0 Å². The van der Waals surface area contributed by atoms with Gasteiger partial charge in [-0.05, 0) is 81.8 Å². The van der Waals surface area contributed by atoms with Gasteiger partial charge < -0.3 is 15.1 Å². The maximum atomic E-state index is 13.5. The monoisotopic (exact) mass is 508 g/mol. The molecule has 1 aromatic carbocycles. The molecular formula is C24H33ClN4O4S. The molecule has 0 aromatic heterocycles. The van der Waals surface area contributed by atoms with Crippen molar-refractivity contribution in [3.8, 4) is 0 Å². The lowest BCUT2D eigenvalue weighted by atomic mass is 9.95. The van der Waals surface area contributed by atoms with Crippen LogP contribution in [0, 0.1) is 19.8 Å². The van der Waals surface area contributed by atoms with E-state index in [1.807, 2.05) is 0 Å². The topological polar surface area (TPSA) is 90.0 Å². The molecule has 0 spiro atoms. The van der Waals surface area contributed by atoms with Gasteiger partial charge in [-0.15, -0.1) is 0 Å². The van der Waals surface area contributed by atoms with E-state index in [2.05, 4.69) is 10.2 Å². The van der Waals surface area contributed by atoms with Gasteiger partial charge in [-0.1, -0.05) is 11.6 Å². The second-order valence-electron chi connectivity index (χ2n) is 9.58. The summed E-state index contributed by atoms with van der Waals surface area (Å²) in [5, 5.41) is 3.03. The first-order valence-electron chi connectivity index (χ1n) is 11.9. The Balaban J connectivity index is 1.45. The highest BCUT2D eigenvalue weighted by Crippen LogP contribution is 2.29. The van der Waals surface area contributed by atoms with Crippen molar-refractivity contribution in [2.45, 2.75) is 56.9 Å². The molecule has 2 saturated heterocycles. The molecule has 34 heavy (non-hydrogen) atoms. The van der Waals surface area contributed by atoms with Crippen LogP contribution in [-0.2, 0) is 19.6 Å². The molecule has 0 aliphatic carbocycles. The molecule has 1 N–H and O–H groups in total. The summed E-state index contributed by atoms with van der Waals surface area (Å²) in [7, 11) is -4.06. The Hall–Kier alpha value is -2.10. The molecular weight excluding hydrogens is 476 g/mol. The Kier molecular flexibility index (Phi) is 7.54. The maximum Gasteiger partial charge on any atom is 0.264 e. The number of rotatable bonds is 6. The lowest BCUT2D eigenvalue weighted by Crippen LogP contribution is -2.52. The van der Waals surface area contributed by atoms with Gasteiger partial charge in [0.2, 0.25) is 11.8 Å². The SMILES string of the molecule is Cc1cc(S(=O)(=O)N2C=CNC(=O)C2CC(=O)N2CCC(CN3CCCC3)CC2)c(C)cc1Cl. The summed E-state index contributed by atoms with van der Waals surface area (Å²) in [6.45, 7) is 8.10. The van der Waals surface area contributed by atoms with Crippen LogP contribution in [0.25, 0.3) is 0 Å². The third-order valence-electron chi connectivity index (χ3n) is 7.12. The standard InChI is InChI=1S/C24H33ClN4O4S/c1-17-14-22(18(2)13-20(17)25)34(32,33)29-12-7-26-24(31)21(29)15-23(30)28-10-5-19(6-11-28)16-27-8-3-4-9-27/h7,12-14,19,21H,3-6,8-11,15-16H2,1-2H3,(H,26,31). The number of likely N-dealkylation sites (tertiary alicyclic amines) is 2. The first-order valence-corrected chi connectivity index (χ1v) is 13.8. The summed E-state index contributed by atoms with van der Waals surface area (Å²) < 4.78 is 28.0. The number of nitrogens with one attached hydrogen (secondary N) is 1. The summed E-state index contributed by atoms with van der Waals surface area (Å²) in [4.78, 5) is 30.2. The Morgan fingerprint density at radius 3 is 2.44 bits per heavy atom. The number of benzene rings is 1. The van der Waals surface area contributed by atoms with Crippen molar-refractivity contribution in [1.29, 1.82) is 0 Å². The molecule has 1 atom stereocenters. The minimum atomic E-state index is -4.06. The zero-order valence-electron chi connectivity index (χ0n) is 19.8. The predicted molar refractivity (Wildman–Crippen MR) is 131 cm³/mol. The normalized spacial score (nSPS) is 22.3. The van der Waals surface area contributed by atoms with E-state index in [1.54, 1.807) is 24.8 Å². The first-order chi connectivity index (χ1) is 16.2. The van der Waals surface area contributed by atoms with E-state index in [-0.39, 0.29) is 17.2 Å². The van der Waals surface area contributed by atoms with Gasteiger partial charge >= 0.3 is 0 Å². The van der Waals surface area contributed by atoms with E-state index in [0.717, 1.165) is 23.7 Å². The number of hydrogen-bond acceptors (Lipinski definition) is 5. The van der Waals surface area contributed by atoms with Crippen LogP contribution in [0.3, 0.4) is 0 Å². The van der Waals surface area contributed by atoms with Crippen LogP contribution < -0.4 is 5.32 Å². The molecule has 1 unspecified atom stereocenters. The molecule has 3 aliphatic rings. The fraction of sp³-hybridized carbons (Fsp3) is 0.583. The van der Waals surface area contributed by atoms with E-state index >= 15 is 0 Å². The number of sulfonamides is 1. The second kappa shape index (κ2) is 10.3. The molecule has 10 heteroatoms. The molecule has 0 radical (unpaired) electrons. The van der Waals surface area contributed by atoms with E-state index < -0.39 is 22.0 Å². The number of amides is 2. The number of aryl methyl sites for hydroxylation is 2.